The number of thiophene rings is 1. The van der Waals surface area contributed by atoms with Gasteiger partial charge in [-0.3, -0.25) is 18.7 Å². The second-order valence-corrected chi connectivity index (χ2v) is 7.72. The van der Waals surface area contributed by atoms with E-state index in [1.165, 1.54) is 9.13 Å². The van der Waals surface area contributed by atoms with Crippen LogP contribution in [0.25, 0.3) is 10.2 Å². The topological polar surface area (TPSA) is 61.1 Å². The standard InChI is InChI=1S/C16H16F2N2O3S/c1-8-11(7-21)24-14-12(8)13(22)20(10-2-3-10)15(23)19(14)6-9-4-5-16(9,17)18/h7,9-10H,2-6H2,1H3. The molecule has 2 saturated carbocycles. The van der Waals surface area contributed by atoms with Crippen molar-refractivity contribution in [3.8, 4) is 0 Å². The van der Waals surface area contributed by atoms with Crippen LogP contribution in [0.2, 0.25) is 0 Å². The molecule has 0 saturated heterocycles. The summed E-state index contributed by atoms with van der Waals surface area (Å²) in [5.41, 5.74) is -0.411. The first kappa shape index (κ1) is 15.7. The van der Waals surface area contributed by atoms with Crippen molar-refractivity contribution in [3.63, 3.8) is 0 Å². The molecular weight excluding hydrogens is 338 g/mol. The Hall–Kier alpha value is -1.83. The summed E-state index contributed by atoms with van der Waals surface area (Å²) in [6.45, 7) is 1.54. The molecule has 2 aromatic rings. The van der Waals surface area contributed by atoms with Crippen LogP contribution in [0.4, 0.5) is 8.78 Å². The van der Waals surface area contributed by atoms with Crippen LogP contribution < -0.4 is 11.2 Å². The van der Waals surface area contributed by atoms with Crippen LogP contribution in [-0.4, -0.2) is 21.3 Å². The average molecular weight is 354 g/mol. The predicted molar refractivity (Wildman–Crippen MR) is 86.4 cm³/mol. The molecule has 0 aliphatic heterocycles. The van der Waals surface area contributed by atoms with E-state index in [1.807, 2.05) is 0 Å². The number of fused-ring (bicyclic) bond motifs is 1. The SMILES string of the molecule is Cc1c(C=O)sc2c1c(=O)n(C1CC1)c(=O)n2CC1CCC1(F)F. The smallest absolute Gasteiger partial charge is 0.297 e. The third kappa shape index (κ3) is 2.12. The minimum absolute atomic E-state index is 0.117. The van der Waals surface area contributed by atoms with Gasteiger partial charge in [-0.2, -0.15) is 0 Å². The highest BCUT2D eigenvalue weighted by Crippen LogP contribution is 2.44. The van der Waals surface area contributed by atoms with Gasteiger partial charge in [0.25, 0.3) is 11.5 Å². The van der Waals surface area contributed by atoms with Gasteiger partial charge in [0, 0.05) is 24.9 Å². The Labute approximate surface area is 139 Å². The molecular formula is C16H16F2N2O3S. The molecule has 0 amide bonds. The lowest BCUT2D eigenvalue weighted by atomic mass is 9.81. The van der Waals surface area contributed by atoms with Crippen molar-refractivity contribution < 1.29 is 13.6 Å². The van der Waals surface area contributed by atoms with Crippen molar-refractivity contribution in [2.75, 3.05) is 0 Å². The fourth-order valence-electron chi connectivity index (χ4n) is 3.32. The molecule has 1 atom stereocenters. The number of nitrogens with zero attached hydrogens (tertiary/aromatic N) is 2. The van der Waals surface area contributed by atoms with E-state index in [-0.39, 0.29) is 19.0 Å². The molecule has 0 radical (unpaired) electrons. The minimum atomic E-state index is -2.77. The lowest BCUT2D eigenvalue weighted by Gasteiger charge is -2.36. The van der Waals surface area contributed by atoms with E-state index < -0.39 is 23.1 Å². The Morgan fingerprint density at radius 2 is 2.00 bits per heavy atom. The molecule has 1 unspecified atom stereocenters. The van der Waals surface area contributed by atoms with Gasteiger partial charge in [0.15, 0.2) is 6.29 Å². The van der Waals surface area contributed by atoms with Crippen LogP contribution in [0.15, 0.2) is 9.59 Å². The Morgan fingerprint density at radius 3 is 2.50 bits per heavy atom. The summed E-state index contributed by atoms with van der Waals surface area (Å²) >= 11 is 1.03. The molecule has 4 rings (SSSR count). The molecule has 2 fully saturated rings. The fourth-order valence-corrected chi connectivity index (χ4v) is 4.44. The van der Waals surface area contributed by atoms with Gasteiger partial charge in [-0.05, 0) is 31.7 Å². The average Bonchev–Trinajstić information content (AvgIpc) is 3.29. The maximum absolute atomic E-state index is 13.7. The zero-order valence-corrected chi connectivity index (χ0v) is 13.9. The van der Waals surface area contributed by atoms with Crippen LogP contribution in [0.1, 0.15) is 47.0 Å². The van der Waals surface area contributed by atoms with Crippen LogP contribution >= 0.6 is 11.3 Å². The normalized spacial score (nSPS) is 22.5. The van der Waals surface area contributed by atoms with E-state index >= 15 is 0 Å². The molecule has 5 nitrogen and oxygen atoms in total. The Kier molecular flexibility index (Phi) is 3.32. The summed E-state index contributed by atoms with van der Waals surface area (Å²) in [6.07, 6.45) is 2.32. The lowest BCUT2D eigenvalue weighted by molar-refractivity contribution is -0.137. The van der Waals surface area contributed by atoms with Crippen molar-refractivity contribution >= 4 is 27.8 Å². The summed E-state index contributed by atoms with van der Waals surface area (Å²) in [5, 5.41) is 0.316. The fraction of sp³-hybridized carbons (Fsp3) is 0.562. The molecule has 0 spiro atoms. The maximum atomic E-state index is 13.7. The predicted octanol–water partition coefficient (Wildman–Crippen LogP) is 2.73. The van der Waals surface area contributed by atoms with Crippen molar-refractivity contribution in [3.05, 3.63) is 31.3 Å². The summed E-state index contributed by atoms with van der Waals surface area (Å²) in [7, 11) is 0. The molecule has 2 heterocycles. The van der Waals surface area contributed by atoms with Crippen molar-refractivity contribution in [1.82, 2.24) is 9.13 Å². The van der Waals surface area contributed by atoms with Gasteiger partial charge in [0.1, 0.15) is 4.83 Å². The number of carbonyl (C=O) groups excluding carboxylic acids is 1. The molecule has 2 aliphatic carbocycles. The second-order valence-electron chi connectivity index (χ2n) is 6.69. The molecule has 0 N–H and O–H groups in total. The molecule has 8 heteroatoms. The number of hydrogen-bond acceptors (Lipinski definition) is 4. The largest absolute Gasteiger partial charge is 0.332 e. The number of carbonyl (C=O) groups is 1. The van der Waals surface area contributed by atoms with Crippen LogP contribution in [0.3, 0.4) is 0 Å². The van der Waals surface area contributed by atoms with Crippen LogP contribution in [0.5, 0.6) is 0 Å². The quantitative estimate of drug-likeness (QED) is 0.793. The number of hydrogen-bond donors (Lipinski definition) is 0. The minimum Gasteiger partial charge on any atom is -0.297 e. The number of rotatable bonds is 4. The van der Waals surface area contributed by atoms with E-state index in [2.05, 4.69) is 0 Å². The Morgan fingerprint density at radius 1 is 1.29 bits per heavy atom. The number of halogens is 2. The van der Waals surface area contributed by atoms with Crippen molar-refractivity contribution in [2.24, 2.45) is 5.92 Å². The molecule has 2 aliphatic rings. The highest BCUT2D eigenvalue weighted by Gasteiger charge is 2.48. The van der Waals surface area contributed by atoms with Crippen molar-refractivity contribution in [2.45, 2.75) is 51.1 Å². The van der Waals surface area contributed by atoms with Gasteiger partial charge in [0.05, 0.1) is 10.3 Å². The van der Waals surface area contributed by atoms with Gasteiger partial charge in [-0.15, -0.1) is 11.3 Å². The number of aromatic nitrogens is 2. The Bertz CT molecular complexity index is 968. The molecule has 2 aromatic heterocycles. The van der Waals surface area contributed by atoms with Crippen LogP contribution in [0, 0.1) is 12.8 Å². The second kappa shape index (κ2) is 5.08. The third-order valence-corrected chi connectivity index (χ3v) is 6.37. The van der Waals surface area contributed by atoms with Gasteiger partial charge in [-0.1, -0.05) is 0 Å². The summed E-state index contributed by atoms with van der Waals surface area (Å²) in [6, 6.07) is -0.151. The maximum Gasteiger partial charge on any atom is 0.332 e. The zero-order valence-electron chi connectivity index (χ0n) is 13.1. The molecule has 0 aromatic carbocycles. The number of aryl methyl sites for hydroxylation is 1. The van der Waals surface area contributed by atoms with Crippen LogP contribution in [-0.2, 0) is 6.54 Å². The first-order chi connectivity index (χ1) is 11.3. The molecule has 128 valence electrons. The van der Waals surface area contributed by atoms with E-state index in [9.17, 15) is 23.2 Å². The van der Waals surface area contributed by atoms with Gasteiger partial charge < -0.3 is 0 Å². The van der Waals surface area contributed by atoms with E-state index in [4.69, 9.17) is 0 Å². The molecule has 0 bridgehead atoms. The van der Waals surface area contributed by atoms with Crippen molar-refractivity contribution in [1.29, 1.82) is 0 Å². The highest BCUT2D eigenvalue weighted by atomic mass is 32.1. The molecule has 24 heavy (non-hydrogen) atoms. The summed E-state index contributed by atoms with van der Waals surface area (Å²) in [4.78, 5) is 37.4. The number of alkyl halides is 2. The third-order valence-electron chi connectivity index (χ3n) is 5.13. The first-order valence-corrected chi connectivity index (χ1v) is 8.78. The van der Waals surface area contributed by atoms with E-state index in [1.54, 1.807) is 6.92 Å². The number of aldehydes is 1. The van der Waals surface area contributed by atoms with Gasteiger partial charge >= 0.3 is 5.69 Å². The highest BCUT2D eigenvalue weighted by molar-refractivity contribution is 7.20. The zero-order chi connectivity index (χ0) is 17.2. The monoisotopic (exact) mass is 354 g/mol. The van der Waals surface area contributed by atoms with E-state index in [0.717, 1.165) is 24.2 Å². The Balaban J connectivity index is 1.98. The summed E-state index contributed by atoms with van der Waals surface area (Å²) < 4.78 is 29.8. The summed E-state index contributed by atoms with van der Waals surface area (Å²) in [5.74, 6) is -3.67. The first-order valence-electron chi connectivity index (χ1n) is 7.96. The lowest BCUT2D eigenvalue weighted by Crippen LogP contribution is -2.46. The van der Waals surface area contributed by atoms with Gasteiger partial charge in [0.2, 0.25) is 0 Å². The van der Waals surface area contributed by atoms with Gasteiger partial charge in [-0.25, -0.2) is 13.6 Å². The van der Waals surface area contributed by atoms with E-state index in [0.29, 0.717) is 33.4 Å².